The molecule has 1 aliphatic heterocycles. The van der Waals surface area contributed by atoms with Crippen molar-refractivity contribution in [3.63, 3.8) is 0 Å². The van der Waals surface area contributed by atoms with Crippen molar-refractivity contribution >= 4 is 35.8 Å². The maximum absolute atomic E-state index is 12.9. The average Bonchev–Trinajstić information content (AvgIpc) is 2.71. The summed E-state index contributed by atoms with van der Waals surface area (Å²) in [5, 5.41) is 6.38. The van der Waals surface area contributed by atoms with Crippen LogP contribution in [0.1, 0.15) is 12.8 Å². The first-order valence-electron chi connectivity index (χ1n) is 9.08. The predicted octanol–water partition coefficient (Wildman–Crippen LogP) is 4.22. The Labute approximate surface area is 177 Å². The summed E-state index contributed by atoms with van der Waals surface area (Å²) in [6, 6.07) is 15.9. The number of anilines is 1. The number of carbonyl (C=O) groups excluding carboxylic acids is 1. The van der Waals surface area contributed by atoms with Crippen LogP contribution >= 0.6 is 24.2 Å². The van der Waals surface area contributed by atoms with Crippen LogP contribution in [0.5, 0.6) is 5.75 Å². The molecule has 5 nitrogen and oxygen atoms in total. The first-order chi connectivity index (χ1) is 13.1. The molecule has 3 rings (SSSR count). The number of carbonyl (C=O) groups is 1. The van der Waals surface area contributed by atoms with Crippen LogP contribution in [0.2, 0.25) is 0 Å². The number of methoxy groups -OCH3 is 2. The molecule has 7 heteroatoms. The Balaban J connectivity index is 0.00000280. The summed E-state index contributed by atoms with van der Waals surface area (Å²) in [5.41, 5.74) is 0.365. The monoisotopic (exact) mass is 422 g/mol. The molecular formula is C21H27ClN2O3S. The minimum Gasteiger partial charge on any atom is -0.497 e. The molecule has 2 N–H and O–H groups in total. The highest BCUT2D eigenvalue weighted by molar-refractivity contribution is 7.99. The molecule has 0 saturated carbocycles. The highest BCUT2D eigenvalue weighted by atomic mass is 35.5. The predicted molar refractivity (Wildman–Crippen MR) is 116 cm³/mol. The number of hydrogen-bond acceptors (Lipinski definition) is 5. The maximum Gasteiger partial charge on any atom is 0.233 e. The molecule has 0 atom stereocenters. The van der Waals surface area contributed by atoms with Crippen LogP contribution in [0.4, 0.5) is 5.69 Å². The zero-order chi connectivity index (χ0) is 19.1. The highest BCUT2D eigenvalue weighted by Crippen LogP contribution is 2.32. The van der Waals surface area contributed by atoms with Crippen molar-refractivity contribution in [3.05, 3.63) is 48.5 Å². The number of benzene rings is 2. The Hall–Kier alpha value is -1.73. The van der Waals surface area contributed by atoms with Crippen molar-refractivity contribution in [2.45, 2.75) is 22.6 Å². The zero-order valence-corrected chi connectivity index (χ0v) is 17.8. The number of amides is 1. The Bertz CT molecular complexity index is 742. The Morgan fingerprint density at radius 1 is 1.04 bits per heavy atom. The summed E-state index contributed by atoms with van der Waals surface area (Å²) in [7, 11) is 3.32. The van der Waals surface area contributed by atoms with Gasteiger partial charge in [0.25, 0.3) is 0 Å². The lowest BCUT2D eigenvalue weighted by molar-refractivity contribution is -0.130. The smallest absolute Gasteiger partial charge is 0.233 e. The molecule has 0 spiro atoms. The largest absolute Gasteiger partial charge is 0.497 e. The van der Waals surface area contributed by atoms with Gasteiger partial charge >= 0.3 is 0 Å². The van der Waals surface area contributed by atoms with Crippen molar-refractivity contribution in [1.82, 2.24) is 5.32 Å². The van der Waals surface area contributed by atoms with E-state index in [9.17, 15) is 4.79 Å². The summed E-state index contributed by atoms with van der Waals surface area (Å²) in [6.45, 7) is 2.13. The normalized spacial score (nSPS) is 15.4. The molecule has 0 unspecified atom stereocenters. The second kappa shape index (κ2) is 10.7. The van der Waals surface area contributed by atoms with Crippen molar-refractivity contribution in [3.8, 4) is 5.75 Å². The van der Waals surface area contributed by atoms with Gasteiger partial charge in [0.1, 0.15) is 5.75 Å². The lowest BCUT2D eigenvalue weighted by Gasteiger charge is -2.35. The minimum absolute atomic E-state index is 0. The second-order valence-corrected chi connectivity index (χ2v) is 7.87. The number of piperidine rings is 1. The Morgan fingerprint density at radius 3 is 2.14 bits per heavy atom. The summed E-state index contributed by atoms with van der Waals surface area (Å²) < 4.78 is 10.5. The van der Waals surface area contributed by atoms with E-state index in [2.05, 4.69) is 10.6 Å². The van der Waals surface area contributed by atoms with E-state index in [1.165, 1.54) is 0 Å². The Kier molecular flexibility index (Phi) is 8.63. The van der Waals surface area contributed by atoms with E-state index in [1.807, 2.05) is 48.5 Å². The van der Waals surface area contributed by atoms with E-state index in [1.54, 1.807) is 26.0 Å². The van der Waals surface area contributed by atoms with Gasteiger partial charge in [-0.2, -0.15) is 0 Å². The topological polar surface area (TPSA) is 59.6 Å². The van der Waals surface area contributed by atoms with Crippen molar-refractivity contribution in [1.29, 1.82) is 0 Å². The molecular weight excluding hydrogens is 396 g/mol. The molecule has 0 bridgehead atoms. The average molecular weight is 423 g/mol. The number of nitrogens with one attached hydrogen (secondary N) is 2. The lowest BCUT2D eigenvalue weighted by atomic mass is 9.78. The van der Waals surface area contributed by atoms with Gasteiger partial charge in [-0.3, -0.25) is 4.79 Å². The van der Waals surface area contributed by atoms with Crippen LogP contribution in [0.3, 0.4) is 0 Å². The van der Waals surface area contributed by atoms with Crippen LogP contribution < -0.4 is 15.4 Å². The summed E-state index contributed by atoms with van der Waals surface area (Å²) in [6.07, 6.45) is 1.58. The van der Waals surface area contributed by atoms with Crippen molar-refractivity contribution in [2.24, 2.45) is 5.41 Å². The fraction of sp³-hybridized carbons (Fsp3) is 0.381. The number of hydrogen-bond donors (Lipinski definition) is 2. The van der Waals surface area contributed by atoms with Gasteiger partial charge in [0.2, 0.25) is 5.91 Å². The Morgan fingerprint density at radius 2 is 1.61 bits per heavy atom. The molecule has 1 aliphatic rings. The van der Waals surface area contributed by atoms with Crippen LogP contribution in [0, 0.1) is 5.41 Å². The third-order valence-electron chi connectivity index (χ3n) is 4.87. The first-order valence-corrected chi connectivity index (χ1v) is 9.90. The molecule has 0 aliphatic carbocycles. The van der Waals surface area contributed by atoms with Crippen LogP contribution in [0.15, 0.2) is 58.3 Å². The molecule has 0 aromatic heterocycles. The number of halogens is 1. The standard InChI is InChI=1S/C21H26N2O3S.ClH/c1-25-15-21(11-13-22-14-12-21)20(24)23-16-3-7-18(8-4-16)27-19-9-5-17(26-2)6-10-19;/h3-10,22H,11-15H2,1-2H3,(H,23,24);1H. The van der Waals surface area contributed by atoms with Gasteiger partial charge in [0.15, 0.2) is 0 Å². The summed E-state index contributed by atoms with van der Waals surface area (Å²) >= 11 is 1.67. The molecule has 1 saturated heterocycles. The minimum atomic E-state index is -0.448. The van der Waals surface area contributed by atoms with Gasteiger partial charge in [-0.25, -0.2) is 0 Å². The number of ether oxygens (including phenoxy) is 2. The molecule has 1 heterocycles. The third kappa shape index (κ3) is 5.64. The molecule has 152 valence electrons. The van der Waals surface area contributed by atoms with E-state index in [0.717, 1.165) is 47.2 Å². The van der Waals surface area contributed by atoms with Gasteiger partial charge in [-0.1, -0.05) is 11.8 Å². The zero-order valence-electron chi connectivity index (χ0n) is 16.2. The fourth-order valence-electron chi connectivity index (χ4n) is 3.27. The van der Waals surface area contributed by atoms with Gasteiger partial charge in [-0.05, 0) is 74.5 Å². The van der Waals surface area contributed by atoms with Crippen LogP contribution in [-0.4, -0.2) is 39.8 Å². The van der Waals surface area contributed by atoms with E-state index < -0.39 is 5.41 Å². The van der Waals surface area contributed by atoms with Crippen molar-refractivity contribution < 1.29 is 14.3 Å². The van der Waals surface area contributed by atoms with E-state index in [4.69, 9.17) is 9.47 Å². The van der Waals surface area contributed by atoms with Crippen LogP contribution in [-0.2, 0) is 9.53 Å². The van der Waals surface area contributed by atoms with Gasteiger partial charge in [0, 0.05) is 22.6 Å². The second-order valence-electron chi connectivity index (χ2n) is 6.72. The van der Waals surface area contributed by atoms with Gasteiger partial charge in [0.05, 0.1) is 19.1 Å². The van der Waals surface area contributed by atoms with Gasteiger partial charge < -0.3 is 20.1 Å². The molecule has 1 fully saturated rings. The van der Waals surface area contributed by atoms with Crippen LogP contribution in [0.25, 0.3) is 0 Å². The SMILES string of the molecule is COCC1(C(=O)Nc2ccc(Sc3ccc(OC)cc3)cc2)CCNCC1.Cl. The quantitative estimate of drug-likeness (QED) is 0.699. The molecule has 28 heavy (non-hydrogen) atoms. The fourth-order valence-corrected chi connectivity index (χ4v) is 4.08. The first kappa shape index (κ1) is 22.6. The molecule has 2 aromatic rings. The third-order valence-corrected chi connectivity index (χ3v) is 5.89. The van der Waals surface area contributed by atoms with E-state index in [0.29, 0.717) is 6.61 Å². The summed E-state index contributed by atoms with van der Waals surface area (Å²) in [4.78, 5) is 15.1. The maximum atomic E-state index is 12.9. The van der Waals surface area contributed by atoms with E-state index >= 15 is 0 Å². The number of rotatable bonds is 7. The van der Waals surface area contributed by atoms with E-state index in [-0.39, 0.29) is 18.3 Å². The highest BCUT2D eigenvalue weighted by Gasteiger charge is 2.39. The molecule has 2 aromatic carbocycles. The lowest BCUT2D eigenvalue weighted by Crippen LogP contribution is -2.47. The molecule has 0 radical (unpaired) electrons. The molecule has 1 amide bonds. The van der Waals surface area contributed by atoms with Crippen molar-refractivity contribution in [2.75, 3.05) is 39.2 Å². The summed E-state index contributed by atoms with van der Waals surface area (Å²) in [5.74, 6) is 0.890. The van der Waals surface area contributed by atoms with Gasteiger partial charge in [-0.15, -0.1) is 12.4 Å².